The van der Waals surface area contributed by atoms with Crippen LogP contribution in [0.15, 0.2) is 18.2 Å². The number of halogens is 1. The topological polar surface area (TPSA) is 73.9 Å². The molecule has 0 spiro atoms. The zero-order chi connectivity index (χ0) is 16.5. The molecule has 0 aliphatic rings. The first-order valence-corrected chi connectivity index (χ1v) is 7.17. The van der Waals surface area contributed by atoms with Gasteiger partial charge in [-0.2, -0.15) is 0 Å². The van der Waals surface area contributed by atoms with Gasteiger partial charge in [-0.1, -0.05) is 17.7 Å². The summed E-state index contributed by atoms with van der Waals surface area (Å²) in [5, 5.41) is 3.02. The van der Waals surface area contributed by atoms with Crippen LogP contribution in [-0.2, 0) is 25.5 Å². The summed E-state index contributed by atoms with van der Waals surface area (Å²) < 4.78 is 14.8. The molecule has 0 unspecified atom stereocenters. The second kappa shape index (κ2) is 9.27. The average molecular weight is 330 g/mol. The van der Waals surface area contributed by atoms with E-state index in [0.717, 1.165) is 5.56 Å². The standard InChI is InChI=1S/C15H20ClNO5/c1-4-22-9-14(18)17-12(15(19)21-3)8-10-5-6-13(20-2)11(16)7-10/h5-7,12H,4,8-9H2,1-3H3,(H,17,18)/t12-/m0/s1. The second-order valence-electron chi connectivity index (χ2n) is 4.45. The lowest BCUT2D eigenvalue weighted by Gasteiger charge is -2.17. The zero-order valence-corrected chi connectivity index (χ0v) is 13.6. The van der Waals surface area contributed by atoms with Gasteiger partial charge in [0.15, 0.2) is 0 Å². The van der Waals surface area contributed by atoms with E-state index in [1.54, 1.807) is 25.1 Å². The Morgan fingerprint density at radius 3 is 2.59 bits per heavy atom. The molecule has 0 aliphatic heterocycles. The number of methoxy groups -OCH3 is 2. The SMILES string of the molecule is CCOCC(=O)N[C@@H](Cc1ccc(OC)c(Cl)c1)C(=O)OC. The fraction of sp³-hybridized carbons (Fsp3) is 0.467. The molecule has 1 rings (SSSR count). The van der Waals surface area contributed by atoms with Crippen LogP contribution in [0.1, 0.15) is 12.5 Å². The summed E-state index contributed by atoms with van der Waals surface area (Å²) in [7, 11) is 2.79. The van der Waals surface area contributed by atoms with Crippen molar-refractivity contribution >= 4 is 23.5 Å². The lowest BCUT2D eigenvalue weighted by atomic mass is 10.1. The molecule has 0 saturated heterocycles. The van der Waals surface area contributed by atoms with Crippen molar-refractivity contribution in [3.8, 4) is 5.75 Å². The normalized spacial score (nSPS) is 11.6. The Kier molecular flexibility index (Phi) is 7.70. The summed E-state index contributed by atoms with van der Waals surface area (Å²) in [6, 6.07) is 4.36. The van der Waals surface area contributed by atoms with Crippen LogP contribution in [0, 0.1) is 0 Å². The Labute approximate surface area is 134 Å². The zero-order valence-electron chi connectivity index (χ0n) is 12.8. The number of ether oxygens (including phenoxy) is 3. The van der Waals surface area contributed by atoms with Crippen LogP contribution < -0.4 is 10.1 Å². The van der Waals surface area contributed by atoms with Crippen LogP contribution in [0.3, 0.4) is 0 Å². The van der Waals surface area contributed by atoms with Gasteiger partial charge in [0.1, 0.15) is 18.4 Å². The third-order valence-corrected chi connectivity index (χ3v) is 3.21. The predicted octanol–water partition coefficient (Wildman–Crippen LogP) is 1.59. The molecule has 7 heteroatoms. The number of esters is 1. The van der Waals surface area contributed by atoms with Crippen molar-refractivity contribution in [3.05, 3.63) is 28.8 Å². The molecule has 1 aromatic carbocycles. The molecule has 0 fully saturated rings. The lowest BCUT2D eigenvalue weighted by Crippen LogP contribution is -2.44. The summed E-state index contributed by atoms with van der Waals surface area (Å²) in [6.07, 6.45) is 0.258. The van der Waals surface area contributed by atoms with Crippen molar-refractivity contribution < 1.29 is 23.8 Å². The van der Waals surface area contributed by atoms with Gasteiger partial charge in [0, 0.05) is 13.0 Å². The molecule has 0 aromatic heterocycles. The first-order chi connectivity index (χ1) is 10.5. The van der Waals surface area contributed by atoms with E-state index in [1.807, 2.05) is 0 Å². The van der Waals surface area contributed by atoms with Gasteiger partial charge in [0.05, 0.1) is 19.2 Å². The first-order valence-electron chi connectivity index (χ1n) is 6.79. The van der Waals surface area contributed by atoms with Gasteiger partial charge in [0.2, 0.25) is 5.91 Å². The number of hydrogen-bond donors (Lipinski definition) is 1. The molecular formula is C15H20ClNO5. The first kappa shape index (κ1) is 18.3. The molecular weight excluding hydrogens is 310 g/mol. The molecule has 1 amide bonds. The van der Waals surface area contributed by atoms with E-state index in [-0.39, 0.29) is 18.9 Å². The van der Waals surface area contributed by atoms with Gasteiger partial charge >= 0.3 is 5.97 Å². The highest BCUT2D eigenvalue weighted by Gasteiger charge is 2.22. The van der Waals surface area contributed by atoms with Crippen LogP contribution in [0.5, 0.6) is 5.75 Å². The molecule has 1 aromatic rings. The van der Waals surface area contributed by atoms with Gasteiger partial charge in [-0.3, -0.25) is 4.79 Å². The van der Waals surface area contributed by atoms with E-state index >= 15 is 0 Å². The molecule has 22 heavy (non-hydrogen) atoms. The molecule has 1 atom stereocenters. The molecule has 0 radical (unpaired) electrons. The fourth-order valence-corrected chi connectivity index (χ4v) is 2.12. The van der Waals surface area contributed by atoms with E-state index in [9.17, 15) is 9.59 Å². The number of hydrogen-bond acceptors (Lipinski definition) is 5. The van der Waals surface area contributed by atoms with E-state index in [1.165, 1.54) is 14.2 Å². The van der Waals surface area contributed by atoms with E-state index in [4.69, 9.17) is 25.8 Å². The minimum absolute atomic E-state index is 0.104. The summed E-state index contributed by atoms with van der Waals surface area (Å²) in [5.41, 5.74) is 0.776. The van der Waals surface area contributed by atoms with Crippen LogP contribution in [0.4, 0.5) is 0 Å². The van der Waals surface area contributed by atoms with Crippen LogP contribution in [0.25, 0.3) is 0 Å². The van der Waals surface area contributed by atoms with Crippen molar-refractivity contribution in [2.75, 3.05) is 27.4 Å². The lowest BCUT2D eigenvalue weighted by molar-refractivity contribution is -0.145. The highest BCUT2D eigenvalue weighted by atomic mass is 35.5. The Morgan fingerprint density at radius 2 is 2.05 bits per heavy atom. The number of amides is 1. The maximum Gasteiger partial charge on any atom is 0.328 e. The van der Waals surface area contributed by atoms with E-state index in [2.05, 4.69) is 5.32 Å². The summed E-state index contributed by atoms with van der Waals surface area (Å²) in [6.45, 7) is 2.10. The Bertz CT molecular complexity index is 521. The number of nitrogens with one attached hydrogen (secondary N) is 1. The van der Waals surface area contributed by atoms with Gasteiger partial charge in [-0.05, 0) is 24.6 Å². The van der Waals surface area contributed by atoms with Crippen LogP contribution in [0.2, 0.25) is 5.02 Å². The quantitative estimate of drug-likeness (QED) is 0.733. The number of carbonyl (C=O) groups excluding carboxylic acids is 2. The number of rotatable bonds is 8. The highest BCUT2D eigenvalue weighted by molar-refractivity contribution is 6.32. The minimum atomic E-state index is -0.803. The summed E-state index contributed by atoms with van der Waals surface area (Å²) in [5.74, 6) is -0.367. The fourth-order valence-electron chi connectivity index (χ4n) is 1.84. The van der Waals surface area contributed by atoms with Crippen molar-refractivity contribution in [2.24, 2.45) is 0 Å². The minimum Gasteiger partial charge on any atom is -0.495 e. The molecule has 0 saturated carbocycles. The maximum absolute atomic E-state index is 11.8. The predicted molar refractivity (Wildman–Crippen MR) is 82.1 cm³/mol. The molecule has 122 valence electrons. The molecule has 0 heterocycles. The van der Waals surface area contributed by atoms with Crippen molar-refractivity contribution in [3.63, 3.8) is 0 Å². The van der Waals surface area contributed by atoms with Crippen molar-refractivity contribution in [1.82, 2.24) is 5.32 Å². The largest absolute Gasteiger partial charge is 0.495 e. The Morgan fingerprint density at radius 1 is 1.32 bits per heavy atom. The molecule has 1 N–H and O–H groups in total. The molecule has 0 bridgehead atoms. The number of carbonyl (C=O) groups is 2. The molecule has 6 nitrogen and oxygen atoms in total. The Hall–Kier alpha value is -1.79. The van der Waals surface area contributed by atoms with Gasteiger partial charge in [-0.15, -0.1) is 0 Å². The van der Waals surface area contributed by atoms with Crippen LogP contribution >= 0.6 is 11.6 Å². The summed E-state index contributed by atoms with van der Waals surface area (Å²) in [4.78, 5) is 23.5. The average Bonchev–Trinajstić information content (AvgIpc) is 2.51. The highest BCUT2D eigenvalue weighted by Crippen LogP contribution is 2.25. The monoisotopic (exact) mass is 329 g/mol. The number of benzene rings is 1. The van der Waals surface area contributed by atoms with Crippen molar-refractivity contribution in [1.29, 1.82) is 0 Å². The van der Waals surface area contributed by atoms with E-state index in [0.29, 0.717) is 17.4 Å². The second-order valence-corrected chi connectivity index (χ2v) is 4.86. The maximum atomic E-state index is 11.8. The Balaban J connectivity index is 2.78. The van der Waals surface area contributed by atoms with Gasteiger partial charge in [-0.25, -0.2) is 4.79 Å². The van der Waals surface area contributed by atoms with Gasteiger partial charge < -0.3 is 19.5 Å². The van der Waals surface area contributed by atoms with Crippen LogP contribution in [-0.4, -0.2) is 45.4 Å². The third kappa shape index (κ3) is 5.54. The van der Waals surface area contributed by atoms with Gasteiger partial charge in [0.25, 0.3) is 0 Å². The summed E-state index contributed by atoms with van der Waals surface area (Å²) >= 11 is 6.05. The smallest absolute Gasteiger partial charge is 0.328 e. The molecule has 0 aliphatic carbocycles. The van der Waals surface area contributed by atoms with Crippen molar-refractivity contribution in [2.45, 2.75) is 19.4 Å². The van der Waals surface area contributed by atoms with E-state index < -0.39 is 12.0 Å². The third-order valence-electron chi connectivity index (χ3n) is 2.91.